The number of imidazole rings is 1. The number of hydrogen-bond acceptors (Lipinski definition) is 8. The number of carbonyl (C=O) groups is 2. The summed E-state index contributed by atoms with van der Waals surface area (Å²) in [5, 5.41) is 0.980. The van der Waals surface area contributed by atoms with Gasteiger partial charge in [0, 0.05) is 31.4 Å². The molecule has 2 N–H and O–H groups in total. The van der Waals surface area contributed by atoms with E-state index in [-0.39, 0.29) is 36.6 Å². The van der Waals surface area contributed by atoms with E-state index in [1.165, 1.54) is 0 Å². The van der Waals surface area contributed by atoms with E-state index in [0.29, 0.717) is 49.5 Å². The van der Waals surface area contributed by atoms with E-state index in [0.717, 1.165) is 34.2 Å². The molecule has 0 bridgehead atoms. The zero-order valence-corrected chi connectivity index (χ0v) is 26.7. The molecule has 43 heavy (non-hydrogen) atoms. The molecule has 2 aromatic carbocycles. The smallest absolute Gasteiger partial charge is 0.349 e. The van der Waals surface area contributed by atoms with Gasteiger partial charge in [-0.1, -0.05) is 30.3 Å². The Bertz CT molecular complexity index is 1560. The number of carbonyl (C=O) groups excluding carboxylic acids is 2. The number of anilines is 1. The van der Waals surface area contributed by atoms with Crippen molar-refractivity contribution in [2.75, 3.05) is 31.9 Å². The van der Waals surface area contributed by atoms with Crippen LogP contribution in [0.5, 0.6) is 5.75 Å². The molecular weight excluding hydrogens is 591 g/mol. The number of methoxy groups -OCH3 is 1. The van der Waals surface area contributed by atoms with Crippen molar-refractivity contribution >= 4 is 63.5 Å². The number of halogens is 2. The lowest BCUT2D eigenvalue weighted by atomic mass is 9.91. The van der Waals surface area contributed by atoms with E-state index in [1.807, 2.05) is 42.5 Å². The van der Waals surface area contributed by atoms with Crippen molar-refractivity contribution < 1.29 is 23.8 Å². The molecule has 4 rings (SSSR count). The van der Waals surface area contributed by atoms with Crippen LogP contribution in [0.25, 0.3) is 21.9 Å². The van der Waals surface area contributed by atoms with Gasteiger partial charge in [0.25, 0.3) is 0 Å². The monoisotopic (exact) mass is 630 g/mol. The van der Waals surface area contributed by atoms with Gasteiger partial charge in [-0.2, -0.15) is 0 Å². The van der Waals surface area contributed by atoms with Crippen molar-refractivity contribution in [1.29, 1.82) is 0 Å². The summed E-state index contributed by atoms with van der Waals surface area (Å²) in [5.74, 6) is 1.01. The average molecular weight is 632 g/mol. The number of alkyl halides is 1. The number of ketones is 1. The van der Waals surface area contributed by atoms with E-state index in [2.05, 4.69) is 9.55 Å². The second-order valence-electron chi connectivity index (χ2n) is 10.8. The van der Waals surface area contributed by atoms with Gasteiger partial charge in [-0.15, -0.1) is 24.0 Å². The number of pyridine rings is 1. The lowest BCUT2D eigenvalue weighted by Gasteiger charge is -2.24. The van der Waals surface area contributed by atoms with Crippen LogP contribution in [0.2, 0.25) is 0 Å². The molecule has 232 valence electrons. The number of nitrogens with zero attached hydrogens (tertiary/aromatic N) is 3. The van der Waals surface area contributed by atoms with Crippen LogP contribution in [0.1, 0.15) is 45.0 Å². The summed E-state index contributed by atoms with van der Waals surface area (Å²) >= 11 is 6.04. The highest BCUT2D eigenvalue weighted by atomic mass is 35.5. The minimum Gasteiger partial charge on any atom is -0.476 e. The Labute approximate surface area is 263 Å². The number of aryl methyl sites for hydroxylation is 1. The summed E-state index contributed by atoms with van der Waals surface area (Å²) in [6.07, 6.45) is 2.48. The zero-order chi connectivity index (χ0) is 30.3. The molecule has 2 aromatic heterocycles. The standard InChI is InChI=1S/C32H39ClN4O5.ClH/c1-5-41-31(39)32(2,3)42-23-12-8-10-21(19-23)18-22(26(38)20-33)11-9-16-37-27(15-17-40-4)36-28-29(37)24-13-6-7-14-25(24)35-30(28)34;/h6-8,10,12-14,19,22H,5,9,11,15-18,20H2,1-4H3,(H2,34,35);1H. The van der Waals surface area contributed by atoms with Crippen molar-refractivity contribution in [1.82, 2.24) is 14.5 Å². The van der Waals surface area contributed by atoms with Crippen molar-refractivity contribution in [2.45, 2.75) is 58.6 Å². The Morgan fingerprint density at radius 1 is 1.12 bits per heavy atom. The molecule has 0 saturated carbocycles. The molecule has 1 atom stereocenters. The Hall–Kier alpha value is -3.40. The topological polar surface area (TPSA) is 119 Å². The Balaban J connectivity index is 0.00000506. The summed E-state index contributed by atoms with van der Waals surface area (Å²) in [7, 11) is 1.67. The van der Waals surface area contributed by atoms with Crippen molar-refractivity contribution in [2.24, 2.45) is 5.92 Å². The number of Topliss-reactive ketones (excluding diaryl/α,β-unsaturated/α-hetero) is 1. The summed E-state index contributed by atoms with van der Waals surface area (Å²) in [4.78, 5) is 34.6. The second kappa shape index (κ2) is 15.4. The van der Waals surface area contributed by atoms with Gasteiger partial charge >= 0.3 is 5.97 Å². The highest BCUT2D eigenvalue weighted by Crippen LogP contribution is 2.30. The van der Waals surface area contributed by atoms with Gasteiger partial charge in [0.2, 0.25) is 0 Å². The maximum atomic E-state index is 12.9. The Morgan fingerprint density at radius 3 is 2.60 bits per heavy atom. The van der Waals surface area contributed by atoms with Crippen molar-refractivity contribution in [3.63, 3.8) is 0 Å². The highest BCUT2D eigenvalue weighted by molar-refractivity contribution is 6.27. The molecule has 0 fully saturated rings. The number of nitrogen functional groups attached to an aromatic ring is 1. The summed E-state index contributed by atoms with van der Waals surface area (Å²) in [6.45, 7) is 6.54. The Kier molecular flexibility index (Phi) is 12.2. The normalized spacial score (nSPS) is 12.2. The van der Waals surface area contributed by atoms with Crippen LogP contribution in [0, 0.1) is 5.92 Å². The van der Waals surface area contributed by atoms with Gasteiger partial charge in [-0.05, 0) is 63.8 Å². The van der Waals surface area contributed by atoms with Crippen LogP contribution in [0.4, 0.5) is 5.82 Å². The SMILES string of the molecule is CCOC(=O)C(C)(C)Oc1cccc(CC(CCCn2c(CCOC)nc3c(N)nc4ccccc4c32)C(=O)CCl)c1.Cl. The van der Waals surface area contributed by atoms with Gasteiger partial charge < -0.3 is 24.5 Å². The fourth-order valence-electron chi connectivity index (χ4n) is 5.17. The van der Waals surface area contributed by atoms with Gasteiger partial charge in [0.1, 0.15) is 17.1 Å². The second-order valence-corrected chi connectivity index (χ2v) is 11.0. The summed E-state index contributed by atoms with van der Waals surface area (Å²) < 4.78 is 18.6. The van der Waals surface area contributed by atoms with Crippen LogP contribution in [0.15, 0.2) is 48.5 Å². The van der Waals surface area contributed by atoms with Gasteiger partial charge in [-0.25, -0.2) is 14.8 Å². The molecule has 11 heteroatoms. The maximum absolute atomic E-state index is 12.9. The number of esters is 1. The quantitative estimate of drug-likeness (QED) is 0.126. The molecule has 9 nitrogen and oxygen atoms in total. The lowest BCUT2D eigenvalue weighted by molar-refractivity contribution is -0.158. The third-order valence-electron chi connectivity index (χ3n) is 7.26. The van der Waals surface area contributed by atoms with E-state index in [9.17, 15) is 9.59 Å². The molecular formula is C32H40Cl2N4O5. The number of para-hydroxylation sites is 1. The first-order chi connectivity index (χ1) is 20.2. The predicted molar refractivity (Wildman–Crippen MR) is 172 cm³/mol. The third kappa shape index (κ3) is 8.16. The number of nitrogens with two attached hydrogens (primary N) is 1. The molecule has 2 heterocycles. The molecule has 0 amide bonds. The largest absolute Gasteiger partial charge is 0.476 e. The molecule has 4 aromatic rings. The van der Waals surface area contributed by atoms with Crippen LogP contribution >= 0.6 is 24.0 Å². The van der Waals surface area contributed by atoms with Crippen molar-refractivity contribution in [3.05, 3.63) is 59.9 Å². The highest BCUT2D eigenvalue weighted by Gasteiger charge is 2.31. The summed E-state index contributed by atoms with van der Waals surface area (Å²) in [6, 6.07) is 15.4. The first-order valence-electron chi connectivity index (χ1n) is 14.2. The lowest BCUT2D eigenvalue weighted by Crippen LogP contribution is -2.39. The first kappa shape index (κ1) is 34.1. The zero-order valence-electron chi connectivity index (χ0n) is 25.1. The van der Waals surface area contributed by atoms with E-state index >= 15 is 0 Å². The molecule has 0 spiro atoms. The number of rotatable bonds is 15. The van der Waals surface area contributed by atoms with Gasteiger partial charge in [0.05, 0.1) is 30.1 Å². The number of fused-ring (bicyclic) bond motifs is 3. The number of ether oxygens (including phenoxy) is 3. The molecule has 0 aliphatic rings. The molecule has 1 unspecified atom stereocenters. The fourth-order valence-corrected chi connectivity index (χ4v) is 5.39. The minimum atomic E-state index is -1.14. The van der Waals surface area contributed by atoms with Crippen molar-refractivity contribution in [3.8, 4) is 5.75 Å². The number of aromatic nitrogens is 3. The number of hydrogen-bond donors (Lipinski definition) is 1. The average Bonchev–Trinajstić information content (AvgIpc) is 3.34. The molecule has 0 radical (unpaired) electrons. The van der Waals surface area contributed by atoms with Crippen LogP contribution in [0.3, 0.4) is 0 Å². The Morgan fingerprint density at radius 2 is 1.88 bits per heavy atom. The molecule has 0 saturated heterocycles. The minimum absolute atomic E-state index is 0. The van der Waals surface area contributed by atoms with E-state index in [1.54, 1.807) is 33.9 Å². The van der Waals surface area contributed by atoms with Crippen LogP contribution in [-0.2, 0) is 38.4 Å². The van der Waals surface area contributed by atoms with E-state index < -0.39 is 11.6 Å². The van der Waals surface area contributed by atoms with Crippen LogP contribution in [-0.4, -0.2) is 58.1 Å². The maximum Gasteiger partial charge on any atom is 0.349 e. The third-order valence-corrected chi connectivity index (χ3v) is 7.52. The van der Waals surface area contributed by atoms with Gasteiger partial charge in [0.15, 0.2) is 17.2 Å². The predicted octanol–water partition coefficient (Wildman–Crippen LogP) is 5.94. The number of benzene rings is 2. The molecule has 0 aliphatic heterocycles. The van der Waals surface area contributed by atoms with Crippen LogP contribution < -0.4 is 10.5 Å². The first-order valence-corrected chi connectivity index (χ1v) is 14.8. The molecule has 0 aliphatic carbocycles. The van der Waals surface area contributed by atoms with Gasteiger partial charge in [-0.3, -0.25) is 4.79 Å². The van der Waals surface area contributed by atoms with E-state index in [4.69, 9.17) is 36.5 Å². The fraction of sp³-hybridized carbons (Fsp3) is 0.438. The summed E-state index contributed by atoms with van der Waals surface area (Å²) in [5.41, 5.74) is 8.54.